The Morgan fingerprint density at radius 1 is 1.20 bits per heavy atom. The third-order valence-corrected chi connectivity index (χ3v) is 3.92. The zero-order valence-corrected chi connectivity index (χ0v) is 13.0. The van der Waals surface area contributed by atoms with Crippen molar-refractivity contribution in [1.29, 1.82) is 5.26 Å². The molecule has 1 atom stereocenters. The number of methoxy groups -OCH3 is 1. The Morgan fingerprint density at radius 3 is 2.40 bits per heavy atom. The van der Waals surface area contributed by atoms with Crippen LogP contribution in [0.4, 0.5) is 0 Å². The van der Waals surface area contributed by atoms with E-state index in [0.717, 1.165) is 3.57 Å². The van der Waals surface area contributed by atoms with E-state index < -0.39 is 5.92 Å². The van der Waals surface area contributed by atoms with Crippen molar-refractivity contribution in [1.82, 2.24) is 0 Å². The van der Waals surface area contributed by atoms with Gasteiger partial charge in [0.15, 0.2) is 5.78 Å². The predicted octanol–water partition coefficient (Wildman–Crippen LogP) is 3.79. The minimum atomic E-state index is -0.795. The highest BCUT2D eigenvalue weighted by atomic mass is 127. The Bertz CT molecular complexity index is 659. The van der Waals surface area contributed by atoms with E-state index in [4.69, 9.17) is 4.74 Å². The SMILES string of the molecule is COc1ccc(C(C#N)C(=O)c2ccccc2I)cc1. The van der Waals surface area contributed by atoms with Gasteiger partial charge in [-0.1, -0.05) is 30.3 Å². The van der Waals surface area contributed by atoms with Gasteiger partial charge in [-0.2, -0.15) is 5.26 Å². The van der Waals surface area contributed by atoms with Crippen molar-refractivity contribution >= 4 is 28.4 Å². The number of hydrogen-bond acceptors (Lipinski definition) is 3. The number of carbonyl (C=O) groups excluding carboxylic acids is 1. The van der Waals surface area contributed by atoms with Crippen LogP contribution in [0.2, 0.25) is 0 Å². The molecule has 0 saturated heterocycles. The minimum absolute atomic E-state index is 0.178. The first-order valence-electron chi connectivity index (χ1n) is 5.99. The molecule has 0 spiro atoms. The van der Waals surface area contributed by atoms with Gasteiger partial charge < -0.3 is 4.74 Å². The smallest absolute Gasteiger partial charge is 0.185 e. The molecule has 0 bridgehead atoms. The summed E-state index contributed by atoms with van der Waals surface area (Å²) in [5.74, 6) is -0.272. The number of carbonyl (C=O) groups is 1. The summed E-state index contributed by atoms with van der Waals surface area (Å²) in [5.41, 5.74) is 1.26. The number of rotatable bonds is 4. The lowest BCUT2D eigenvalue weighted by molar-refractivity contribution is 0.0978. The molecule has 0 saturated carbocycles. The highest BCUT2D eigenvalue weighted by molar-refractivity contribution is 14.1. The Hall–Kier alpha value is -1.87. The maximum absolute atomic E-state index is 12.5. The van der Waals surface area contributed by atoms with E-state index in [9.17, 15) is 10.1 Å². The molecule has 0 heterocycles. The monoisotopic (exact) mass is 377 g/mol. The van der Waals surface area contributed by atoms with Crippen molar-refractivity contribution in [3.05, 3.63) is 63.2 Å². The number of nitriles is 1. The van der Waals surface area contributed by atoms with Gasteiger partial charge in [0, 0.05) is 9.13 Å². The van der Waals surface area contributed by atoms with Gasteiger partial charge >= 0.3 is 0 Å². The standard InChI is InChI=1S/C16H12INO2/c1-20-12-8-6-11(7-9-12)14(10-18)16(19)13-4-2-3-5-15(13)17/h2-9,14H,1H3. The van der Waals surface area contributed by atoms with Crippen LogP contribution in [0.5, 0.6) is 5.75 Å². The van der Waals surface area contributed by atoms with Crippen molar-refractivity contribution in [2.75, 3.05) is 7.11 Å². The fraction of sp³-hybridized carbons (Fsp3) is 0.125. The zero-order chi connectivity index (χ0) is 14.5. The molecular weight excluding hydrogens is 365 g/mol. The lowest BCUT2D eigenvalue weighted by Crippen LogP contribution is -2.12. The molecule has 0 amide bonds. The molecule has 1 unspecified atom stereocenters. The number of benzene rings is 2. The van der Waals surface area contributed by atoms with Crippen molar-refractivity contribution in [2.24, 2.45) is 0 Å². The molecular formula is C16H12INO2. The number of ketones is 1. The first-order chi connectivity index (χ1) is 9.67. The van der Waals surface area contributed by atoms with Gasteiger partial charge in [0.2, 0.25) is 0 Å². The number of hydrogen-bond donors (Lipinski definition) is 0. The molecule has 0 aliphatic heterocycles. The van der Waals surface area contributed by atoms with Gasteiger partial charge in [-0.3, -0.25) is 4.79 Å². The molecule has 2 rings (SSSR count). The average molecular weight is 377 g/mol. The topological polar surface area (TPSA) is 50.1 Å². The Morgan fingerprint density at radius 2 is 1.85 bits per heavy atom. The van der Waals surface area contributed by atoms with Crippen molar-refractivity contribution in [2.45, 2.75) is 5.92 Å². The highest BCUT2D eigenvalue weighted by Gasteiger charge is 2.23. The summed E-state index contributed by atoms with van der Waals surface area (Å²) in [6, 6.07) is 16.4. The van der Waals surface area contributed by atoms with Crippen molar-refractivity contribution in [3.8, 4) is 11.8 Å². The largest absolute Gasteiger partial charge is 0.497 e. The van der Waals surface area contributed by atoms with Crippen LogP contribution in [0.25, 0.3) is 0 Å². The van der Waals surface area contributed by atoms with Crippen LogP contribution in [0.15, 0.2) is 48.5 Å². The van der Waals surface area contributed by atoms with Crippen LogP contribution in [0.3, 0.4) is 0 Å². The number of nitrogens with zero attached hydrogens (tertiary/aromatic N) is 1. The molecule has 3 nitrogen and oxygen atoms in total. The van der Waals surface area contributed by atoms with Crippen molar-refractivity contribution in [3.63, 3.8) is 0 Å². The minimum Gasteiger partial charge on any atom is -0.497 e. The van der Waals surface area contributed by atoms with Gasteiger partial charge in [0.1, 0.15) is 11.7 Å². The summed E-state index contributed by atoms with van der Waals surface area (Å²) in [7, 11) is 1.58. The first kappa shape index (κ1) is 14.5. The molecule has 100 valence electrons. The third kappa shape index (κ3) is 2.99. The second kappa shape index (κ2) is 6.53. The zero-order valence-electron chi connectivity index (χ0n) is 10.8. The van der Waals surface area contributed by atoms with Gasteiger partial charge in [0.25, 0.3) is 0 Å². The molecule has 0 aliphatic rings. The lowest BCUT2D eigenvalue weighted by Gasteiger charge is -2.10. The van der Waals surface area contributed by atoms with E-state index in [0.29, 0.717) is 16.9 Å². The van der Waals surface area contributed by atoms with E-state index in [1.54, 1.807) is 43.5 Å². The van der Waals surface area contributed by atoms with E-state index in [1.165, 1.54) is 0 Å². The summed E-state index contributed by atoms with van der Waals surface area (Å²) in [4.78, 5) is 12.5. The molecule has 0 radical (unpaired) electrons. The summed E-state index contributed by atoms with van der Waals surface area (Å²) < 4.78 is 5.93. The maximum Gasteiger partial charge on any atom is 0.185 e. The summed E-state index contributed by atoms with van der Waals surface area (Å²) in [6.45, 7) is 0. The molecule has 2 aromatic carbocycles. The Balaban J connectivity index is 2.35. The van der Waals surface area contributed by atoms with E-state index in [2.05, 4.69) is 28.7 Å². The van der Waals surface area contributed by atoms with Gasteiger partial charge in [0.05, 0.1) is 13.2 Å². The molecule has 4 heteroatoms. The van der Waals surface area contributed by atoms with Gasteiger partial charge in [-0.15, -0.1) is 0 Å². The van der Waals surface area contributed by atoms with E-state index in [-0.39, 0.29) is 5.78 Å². The van der Waals surface area contributed by atoms with Crippen LogP contribution in [0, 0.1) is 14.9 Å². The average Bonchev–Trinajstić information content (AvgIpc) is 2.49. The number of Topliss-reactive ketones (excluding diaryl/α,β-unsaturated/α-hetero) is 1. The van der Waals surface area contributed by atoms with Crippen LogP contribution in [-0.2, 0) is 0 Å². The summed E-state index contributed by atoms with van der Waals surface area (Å²) in [5, 5.41) is 9.32. The van der Waals surface area contributed by atoms with Crippen LogP contribution >= 0.6 is 22.6 Å². The maximum atomic E-state index is 12.5. The number of halogens is 1. The highest BCUT2D eigenvalue weighted by Crippen LogP contribution is 2.24. The van der Waals surface area contributed by atoms with E-state index in [1.807, 2.05) is 12.1 Å². The normalized spacial score (nSPS) is 11.4. The van der Waals surface area contributed by atoms with Crippen molar-refractivity contribution < 1.29 is 9.53 Å². The molecule has 20 heavy (non-hydrogen) atoms. The molecule has 0 fully saturated rings. The Labute approximate surface area is 131 Å². The molecule has 0 aromatic heterocycles. The van der Waals surface area contributed by atoms with Crippen LogP contribution in [-0.4, -0.2) is 12.9 Å². The Kier molecular flexibility index (Phi) is 4.74. The number of ether oxygens (including phenoxy) is 1. The third-order valence-electron chi connectivity index (χ3n) is 2.98. The van der Waals surface area contributed by atoms with E-state index >= 15 is 0 Å². The fourth-order valence-electron chi connectivity index (χ4n) is 1.90. The molecule has 2 aromatic rings. The second-order valence-corrected chi connectivity index (χ2v) is 5.34. The fourth-order valence-corrected chi connectivity index (χ4v) is 2.55. The van der Waals surface area contributed by atoms with Crippen LogP contribution in [0.1, 0.15) is 21.8 Å². The predicted molar refractivity (Wildman–Crippen MR) is 84.8 cm³/mol. The van der Waals surface area contributed by atoms with Gasteiger partial charge in [-0.05, 0) is 46.4 Å². The van der Waals surface area contributed by atoms with Crippen LogP contribution < -0.4 is 4.74 Å². The molecule has 0 aliphatic carbocycles. The summed E-state index contributed by atoms with van der Waals surface area (Å²) >= 11 is 2.11. The van der Waals surface area contributed by atoms with Gasteiger partial charge in [-0.25, -0.2) is 0 Å². The lowest BCUT2D eigenvalue weighted by atomic mass is 9.92. The first-order valence-corrected chi connectivity index (χ1v) is 7.07. The second-order valence-electron chi connectivity index (χ2n) is 4.18. The quantitative estimate of drug-likeness (QED) is 0.602. The molecule has 0 N–H and O–H groups in total. The summed E-state index contributed by atoms with van der Waals surface area (Å²) in [6.07, 6.45) is 0.